The van der Waals surface area contributed by atoms with Crippen molar-refractivity contribution in [2.75, 3.05) is 13.6 Å². The zero-order chi connectivity index (χ0) is 19.9. The number of rotatable bonds is 7. The topological polar surface area (TPSA) is 101 Å². The Hall–Kier alpha value is -2.43. The van der Waals surface area contributed by atoms with Gasteiger partial charge in [0.25, 0.3) is 5.89 Å². The van der Waals surface area contributed by atoms with E-state index in [9.17, 15) is 0 Å². The average molecular weight is 510 g/mol. The van der Waals surface area contributed by atoms with Crippen LogP contribution < -0.4 is 10.6 Å². The van der Waals surface area contributed by atoms with Crippen LogP contribution in [0.5, 0.6) is 0 Å². The Balaban J connectivity index is 0.00000300. The van der Waals surface area contributed by atoms with Crippen molar-refractivity contribution in [1.82, 2.24) is 25.8 Å². The summed E-state index contributed by atoms with van der Waals surface area (Å²) in [5, 5.41) is 10.4. The number of benzene rings is 1. The zero-order valence-corrected chi connectivity index (χ0v) is 19.5. The molecule has 0 radical (unpaired) electrons. The Morgan fingerprint density at radius 2 is 1.86 bits per heavy atom. The minimum absolute atomic E-state index is 0. The fraction of sp³-hybridized carbons (Fsp3) is 0.400. The molecular formula is C20H27IN6O2. The number of nitrogens with one attached hydrogen (secondary N) is 2. The molecule has 0 fully saturated rings. The zero-order valence-electron chi connectivity index (χ0n) is 17.2. The van der Waals surface area contributed by atoms with Crippen molar-refractivity contribution in [1.29, 1.82) is 0 Å². The van der Waals surface area contributed by atoms with E-state index in [4.69, 9.17) is 8.94 Å². The van der Waals surface area contributed by atoms with Gasteiger partial charge >= 0.3 is 0 Å². The van der Waals surface area contributed by atoms with Gasteiger partial charge in [0.15, 0.2) is 11.8 Å². The molecule has 0 atom stereocenters. The third-order valence-corrected chi connectivity index (χ3v) is 4.39. The maximum atomic E-state index is 5.57. The molecule has 1 aromatic carbocycles. The summed E-state index contributed by atoms with van der Waals surface area (Å²) >= 11 is 0. The Morgan fingerprint density at radius 1 is 1.10 bits per heavy atom. The number of hydrogen-bond donors (Lipinski definition) is 2. The fourth-order valence-electron chi connectivity index (χ4n) is 2.65. The van der Waals surface area contributed by atoms with E-state index in [2.05, 4.69) is 42.9 Å². The first-order valence-electron chi connectivity index (χ1n) is 9.38. The first-order chi connectivity index (χ1) is 13.6. The predicted molar refractivity (Wildman–Crippen MR) is 122 cm³/mol. The largest absolute Gasteiger partial charge is 0.444 e. The van der Waals surface area contributed by atoms with E-state index in [0.717, 1.165) is 42.2 Å². The van der Waals surface area contributed by atoms with Gasteiger partial charge in [-0.05, 0) is 38.0 Å². The van der Waals surface area contributed by atoms with Crippen LogP contribution in [0.3, 0.4) is 0 Å². The van der Waals surface area contributed by atoms with E-state index in [-0.39, 0.29) is 24.0 Å². The Labute approximate surface area is 187 Å². The van der Waals surface area contributed by atoms with Crippen LogP contribution in [0.15, 0.2) is 38.2 Å². The van der Waals surface area contributed by atoms with Gasteiger partial charge in [0.05, 0.1) is 12.2 Å². The minimum Gasteiger partial charge on any atom is -0.444 e. The molecule has 2 aromatic heterocycles. The van der Waals surface area contributed by atoms with Crippen LogP contribution in [0.25, 0.3) is 11.5 Å². The molecule has 9 heteroatoms. The highest BCUT2D eigenvalue weighted by Gasteiger charge is 2.08. The van der Waals surface area contributed by atoms with Gasteiger partial charge in [0.1, 0.15) is 5.76 Å². The highest BCUT2D eigenvalue weighted by molar-refractivity contribution is 14.0. The van der Waals surface area contributed by atoms with E-state index in [0.29, 0.717) is 24.3 Å². The summed E-state index contributed by atoms with van der Waals surface area (Å²) in [7, 11) is 1.74. The highest BCUT2D eigenvalue weighted by Crippen LogP contribution is 2.18. The van der Waals surface area contributed by atoms with E-state index in [1.54, 1.807) is 7.05 Å². The van der Waals surface area contributed by atoms with Crippen LogP contribution in [-0.4, -0.2) is 34.7 Å². The second-order valence-corrected chi connectivity index (χ2v) is 6.42. The van der Waals surface area contributed by atoms with Crippen molar-refractivity contribution in [3.8, 4) is 11.5 Å². The molecule has 3 aromatic rings. The van der Waals surface area contributed by atoms with Gasteiger partial charge in [-0.2, -0.15) is 4.98 Å². The van der Waals surface area contributed by atoms with Crippen LogP contribution in [-0.2, 0) is 19.4 Å². The predicted octanol–water partition coefficient (Wildman–Crippen LogP) is 3.43. The number of guanidine groups is 1. The van der Waals surface area contributed by atoms with E-state index in [1.165, 1.54) is 5.56 Å². The molecule has 29 heavy (non-hydrogen) atoms. The van der Waals surface area contributed by atoms with Crippen molar-refractivity contribution in [3.05, 3.63) is 53.0 Å². The first-order valence-corrected chi connectivity index (χ1v) is 9.38. The van der Waals surface area contributed by atoms with Crippen LogP contribution in [0, 0.1) is 13.8 Å². The molecule has 156 valence electrons. The van der Waals surface area contributed by atoms with Crippen molar-refractivity contribution in [2.24, 2.45) is 4.99 Å². The van der Waals surface area contributed by atoms with Crippen LogP contribution >= 0.6 is 24.0 Å². The van der Waals surface area contributed by atoms with Crippen molar-refractivity contribution >= 4 is 29.9 Å². The normalized spacial score (nSPS) is 11.2. The van der Waals surface area contributed by atoms with Gasteiger partial charge < -0.3 is 19.6 Å². The van der Waals surface area contributed by atoms with Crippen molar-refractivity contribution < 1.29 is 8.94 Å². The quantitative estimate of drug-likeness (QED) is 0.285. The number of halogens is 1. The lowest BCUT2D eigenvalue weighted by Crippen LogP contribution is -2.37. The Morgan fingerprint density at radius 3 is 2.45 bits per heavy atom. The lowest BCUT2D eigenvalue weighted by molar-refractivity contribution is 0.423. The average Bonchev–Trinajstić information content (AvgIpc) is 3.31. The molecule has 8 nitrogen and oxygen atoms in total. The smallest absolute Gasteiger partial charge is 0.257 e. The maximum absolute atomic E-state index is 5.57. The van der Waals surface area contributed by atoms with Gasteiger partial charge in [0.2, 0.25) is 5.89 Å². The molecule has 0 unspecified atom stereocenters. The molecule has 0 aliphatic carbocycles. The van der Waals surface area contributed by atoms with Gasteiger partial charge in [-0.25, -0.2) is 4.98 Å². The second kappa shape index (κ2) is 10.9. The van der Waals surface area contributed by atoms with E-state index < -0.39 is 0 Å². The van der Waals surface area contributed by atoms with Gasteiger partial charge in [-0.3, -0.25) is 4.99 Å². The number of hydrogen-bond acceptors (Lipinski definition) is 6. The molecule has 0 saturated carbocycles. The summed E-state index contributed by atoms with van der Waals surface area (Å²) in [4.78, 5) is 12.9. The summed E-state index contributed by atoms with van der Waals surface area (Å²) < 4.78 is 10.8. The third kappa shape index (κ3) is 6.28. The molecule has 0 spiro atoms. The van der Waals surface area contributed by atoms with E-state index in [1.807, 2.05) is 32.9 Å². The maximum Gasteiger partial charge on any atom is 0.257 e. The molecule has 2 heterocycles. The molecule has 0 aliphatic heterocycles. The summed E-state index contributed by atoms with van der Waals surface area (Å²) in [5.41, 5.74) is 3.05. The summed E-state index contributed by atoms with van der Waals surface area (Å²) in [6.07, 6.45) is 1.63. The highest BCUT2D eigenvalue weighted by atomic mass is 127. The van der Waals surface area contributed by atoms with Gasteiger partial charge in [-0.15, -0.1) is 24.0 Å². The molecule has 0 amide bonds. The van der Waals surface area contributed by atoms with Gasteiger partial charge in [-0.1, -0.05) is 24.2 Å². The number of oxazole rings is 1. The molecule has 0 aliphatic rings. The van der Waals surface area contributed by atoms with Crippen LogP contribution in [0.4, 0.5) is 0 Å². The third-order valence-electron chi connectivity index (χ3n) is 4.39. The van der Waals surface area contributed by atoms with Gasteiger partial charge in [0, 0.05) is 25.6 Å². The lowest BCUT2D eigenvalue weighted by atomic mass is 10.1. The number of nitrogens with zero attached hydrogens (tertiary/aromatic N) is 4. The Bertz CT molecular complexity index is 913. The van der Waals surface area contributed by atoms with Crippen LogP contribution in [0.1, 0.15) is 35.7 Å². The summed E-state index contributed by atoms with van der Waals surface area (Å²) in [6.45, 7) is 7.09. The fourth-order valence-corrected chi connectivity index (χ4v) is 2.65. The lowest BCUT2D eigenvalue weighted by Gasteiger charge is -2.10. The number of aliphatic imine (C=N–C) groups is 1. The molecule has 2 N–H and O–H groups in total. The first kappa shape index (κ1) is 22.9. The molecule has 0 saturated heterocycles. The molecule has 3 rings (SSSR count). The minimum atomic E-state index is 0. The summed E-state index contributed by atoms with van der Waals surface area (Å²) in [6, 6.07) is 8.15. The number of aryl methyl sites for hydroxylation is 3. The van der Waals surface area contributed by atoms with Crippen molar-refractivity contribution in [3.63, 3.8) is 0 Å². The molecule has 0 bridgehead atoms. The SMILES string of the molecule is CCc1noc(-c2ccc(CCNC(=NC)NCc3nc(C)c(C)o3)cc2)n1.I. The monoisotopic (exact) mass is 510 g/mol. The van der Waals surface area contributed by atoms with E-state index >= 15 is 0 Å². The second-order valence-electron chi connectivity index (χ2n) is 6.42. The standard InChI is InChI=1S/C20H26N6O2.HI/c1-5-17-25-19(28-26-17)16-8-6-15(7-9-16)10-11-22-20(21-4)23-12-18-24-13(2)14(3)27-18;/h6-9H,5,10-12H2,1-4H3,(H2,21,22,23);1H. The number of aromatic nitrogens is 3. The van der Waals surface area contributed by atoms with Crippen LogP contribution in [0.2, 0.25) is 0 Å². The van der Waals surface area contributed by atoms with Crippen molar-refractivity contribution in [2.45, 2.75) is 40.2 Å². The summed E-state index contributed by atoms with van der Waals surface area (Å²) in [5.74, 6) is 3.49. The molecular weight excluding hydrogens is 483 g/mol. The Kier molecular flexibility index (Phi) is 8.62.